The maximum Gasteiger partial charge on any atom is 0.317 e. The third-order valence-corrected chi connectivity index (χ3v) is 5.05. The summed E-state index contributed by atoms with van der Waals surface area (Å²) in [7, 11) is 0. The molecular formula is C20H25Cl2N3O. The van der Waals surface area contributed by atoms with Crippen molar-refractivity contribution in [1.82, 2.24) is 10.2 Å². The molecule has 26 heavy (non-hydrogen) atoms. The van der Waals surface area contributed by atoms with Gasteiger partial charge >= 0.3 is 6.03 Å². The molecule has 4 nitrogen and oxygen atoms in total. The minimum atomic E-state index is -0.0133. The first-order valence-electron chi connectivity index (χ1n) is 8.63. The van der Waals surface area contributed by atoms with E-state index in [-0.39, 0.29) is 18.4 Å². The van der Waals surface area contributed by atoms with E-state index >= 15 is 0 Å². The lowest BCUT2D eigenvalue weighted by Gasteiger charge is -2.37. The molecule has 2 aromatic carbocycles. The quantitative estimate of drug-likeness (QED) is 0.837. The summed E-state index contributed by atoms with van der Waals surface area (Å²) < 4.78 is 0. The second kappa shape index (κ2) is 9.15. The molecule has 0 spiro atoms. The molecule has 140 valence electrons. The number of halogens is 2. The number of piperazine rings is 1. The number of benzene rings is 2. The molecule has 1 fully saturated rings. The molecule has 6 heteroatoms. The van der Waals surface area contributed by atoms with Gasteiger partial charge in [-0.15, -0.1) is 12.4 Å². The Balaban J connectivity index is 0.00000243. The molecule has 0 aromatic heterocycles. The van der Waals surface area contributed by atoms with Crippen LogP contribution >= 0.6 is 24.0 Å². The number of nitrogens with one attached hydrogen (secondary N) is 1. The Labute approximate surface area is 166 Å². The molecule has 0 saturated carbocycles. The highest BCUT2D eigenvalue weighted by Crippen LogP contribution is 2.23. The summed E-state index contributed by atoms with van der Waals surface area (Å²) in [4.78, 5) is 16.6. The molecule has 1 N–H and O–H groups in total. The standard InChI is InChI=1S/C20H24ClN3O.ClH/c1-15-5-3-8-19(16(15)2)23-9-11-24(12-10-23)20(25)22-14-17-6-4-7-18(21)13-17;/h3-8,13H,9-12,14H2,1-2H3,(H,22,25);1H. The van der Waals surface area contributed by atoms with Crippen molar-refractivity contribution in [1.29, 1.82) is 0 Å². The number of aryl methyl sites for hydroxylation is 1. The summed E-state index contributed by atoms with van der Waals surface area (Å²) in [5.74, 6) is 0. The molecule has 1 aliphatic heterocycles. The average Bonchev–Trinajstić information content (AvgIpc) is 2.62. The average molecular weight is 394 g/mol. The molecule has 2 aromatic rings. The molecule has 3 rings (SSSR count). The summed E-state index contributed by atoms with van der Waals surface area (Å²) in [5, 5.41) is 3.67. The summed E-state index contributed by atoms with van der Waals surface area (Å²) >= 11 is 5.98. The molecule has 0 unspecified atom stereocenters. The van der Waals surface area contributed by atoms with E-state index in [1.54, 1.807) is 0 Å². The Morgan fingerprint density at radius 2 is 1.77 bits per heavy atom. The van der Waals surface area contributed by atoms with Gasteiger partial charge in [0.05, 0.1) is 0 Å². The number of carbonyl (C=O) groups is 1. The summed E-state index contributed by atoms with van der Waals surface area (Å²) in [6.45, 7) is 7.97. The number of carbonyl (C=O) groups excluding carboxylic acids is 1. The molecule has 1 saturated heterocycles. The van der Waals surface area contributed by atoms with Gasteiger partial charge in [-0.05, 0) is 48.7 Å². The Bertz CT molecular complexity index is 758. The maximum atomic E-state index is 12.4. The molecule has 1 heterocycles. The third kappa shape index (κ3) is 4.83. The van der Waals surface area contributed by atoms with E-state index in [2.05, 4.69) is 42.3 Å². The summed E-state index contributed by atoms with van der Waals surface area (Å²) in [6, 6.07) is 14.0. The Morgan fingerprint density at radius 1 is 1.08 bits per heavy atom. The zero-order valence-electron chi connectivity index (χ0n) is 15.2. The topological polar surface area (TPSA) is 35.6 Å². The highest BCUT2D eigenvalue weighted by Gasteiger charge is 2.22. The van der Waals surface area contributed by atoms with Gasteiger partial charge in [0.1, 0.15) is 0 Å². The van der Waals surface area contributed by atoms with Crippen LogP contribution in [0, 0.1) is 13.8 Å². The number of nitrogens with zero attached hydrogens (tertiary/aromatic N) is 2. The number of urea groups is 1. The minimum absolute atomic E-state index is 0. The van der Waals surface area contributed by atoms with Gasteiger partial charge in [-0.25, -0.2) is 4.79 Å². The van der Waals surface area contributed by atoms with E-state index in [9.17, 15) is 4.79 Å². The van der Waals surface area contributed by atoms with Gasteiger partial charge in [0.15, 0.2) is 0 Å². The van der Waals surface area contributed by atoms with Crippen molar-refractivity contribution < 1.29 is 4.79 Å². The second-order valence-electron chi connectivity index (χ2n) is 6.48. The maximum absolute atomic E-state index is 12.4. The van der Waals surface area contributed by atoms with Gasteiger partial charge < -0.3 is 15.1 Å². The van der Waals surface area contributed by atoms with E-state index in [0.717, 1.165) is 31.7 Å². The van der Waals surface area contributed by atoms with Crippen molar-refractivity contribution in [3.05, 3.63) is 64.2 Å². The summed E-state index contributed by atoms with van der Waals surface area (Å²) in [5.41, 5.74) is 4.91. The Morgan fingerprint density at radius 3 is 2.46 bits per heavy atom. The largest absolute Gasteiger partial charge is 0.368 e. The molecule has 0 aliphatic carbocycles. The van der Waals surface area contributed by atoms with E-state index in [0.29, 0.717) is 11.6 Å². The van der Waals surface area contributed by atoms with Gasteiger partial charge in [0, 0.05) is 43.4 Å². The fraction of sp³-hybridized carbons (Fsp3) is 0.350. The van der Waals surface area contributed by atoms with E-state index in [1.807, 2.05) is 29.2 Å². The zero-order chi connectivity index (χ0) is 17.8. The predicted molar refractivity (Wildman–Crippen MR) is 111 cm³/mol. The molecule has 0 radical (unpaired) electrons. The fourth-order valence-corrected chi connectivity index (χ4v) is 3.38. The van der Waals surface area contributed by atoms with E-state index in [4.69, 9.17) is 11.6 Å². The Hall–Kier alpha value is -1.91. The minimum Gasteiger partial charge on any atom is -0.368 e. The van der Waals surface area contributed by atoms with E-state index in [1.165, 1.54) is 16.8 Å². The number of hydrogen-bond acceptors (Lipinski definition) is 2. The highest BCUT2D eigenvalue weighted by molar-refractivity contribution is 6.30. The Kier molecular flexibility index (Phi) is 7.18. The van der Waals surface area contributed by atoms with Crippen LogP contribution in [-0.4, -0.2) is 37.1 Å². The molecule has 0 atom stereocenters. The van der Waals surface area contributed by atoms with Crippen LogP contribution in [-0.2, 0) is 6.54 Å². The monoisotopic (exact) mass is 393 g/mol. The van der Waals surface area contributed by atoms with Crippen LogP contribution in [0.25, 0.3) is 0 Å². The SMILES string of the molecule is Cc1cccc(N2CCN(C(=O)NCc3cccc(Cl)c3)CC2)c1C.Cl. The normalized spacial score (nSPS) is 14.0. The van der Waals surface area contributed by atoms with Crippen LogP contribution in [0.15, 0.2) is 42.5 Å². The van der Waals surface area contributed by atoms with Crippen LogP contribution in [0.1, 0.15) is 16.7 Å². The zero-order valence-corrected chi connectivity index (χ0v) is 16.7. The molecular weight excluding hydrogens is 369 g/mol. The van der Waals surface area contributed by atoms with Crippen molar-refractivity contribution in [3.8, 4) is 0 Å². The predicted octanol–water partition coefficient (Wildman–Crippen LogP) is 4.41. The van der Waals surface area contributed by atoms with Crippen LogP contribution < -0.4 is 10.2 Å². The van der Waals surface area contributed by atoms with Gasteiger partial charge in [0.2, 0.25) is 0 Å². The van der Waals surface area contributed by atoms with Crippen molar-refractivity contribution in [2.24, 2.45) is 0 Å². The fourth-order valence-electron chi connectivity index (χ4n) is 3.17. The van der Waals surface area contributed by atoms with Crippen LogP contribution in [0.4, 0.5) is 10.5 Å². The molecule has 0 bridgehead atoms. The number of amides is 2. The van der Waals surface area contributed by atoms with Crippen LogP contribution in [0.5, 0.6) is 0 Å². The number of anilines is 1. The lowest BCUT2D eigenvalue weighted by Crippen LogP contribution is -2.51. The van der Waals surface area contributed by atoms with Gasteiger partial charge in [-0.1, -0.05) is 35.9 Å². The highest BCUT2D eigenvalue weighted by atomic mass is 35.5. The van der Waals surface area contributed by atoms with Crippen LogP contribution in [0.3, 0.4) is 0 Å². The van der Waals surface area contributed by atoms with Gasteiger partial charge in [-0.2, -0.15) is 0 Å². The van der Waals surface area contributed by atoms with Crippen LogP contribution in [0.2, 0.25) is 5.02 Å². The lowest BCUT2D eigenvalue weighted by molar-refractivity contribution is 0.194. The molecule has 2 amide bonds. The van der Waals surface area contributed by atoms with Crippen molar-refractivity contribution in [2.45, 2.75) is 20.4 Å². The van der Waals surface area contributed by atoms with Crippen molar-refractivity contribution >= 4 is 35.7 Å². The molecule has 1 aliphatic rings. The first-order chi connectivity index (χ1) is 12.0. The third-order valence-electron chi connectivity index (χ3n) is 4.82. The first kappa shape index (κ1) is 20.4. The second-order valence-corrected chi connectivity index (χ2v) is 6.92. The first-order valence-corrected chi connectivity index (χ1v) is 9.01. The number of rotatable bonds is 3. The van der Waals surface area contributed by atoms with E-state index < -0.39 is 0 Å². The lowest BCUT2D eigenvalue weighted by atomic mass is 10.1. The van der Waals surface area contributed by atoms with Gasteiger partial charge in [0.25, 0.3) is 0 Å². The van der Waals surface area contributed by atoms with Crippen molar-refractivity contribution in [3.63, 3.8) is 0 Å². The smallest absolute Gasteiger partial charge is 0.317 e. The number of hydrogen-bond donors (Lipinski definition) is 1. The van der Waals surface area contributed by atoms with Gasteiger partial charge in [-0.3, -0.25) is 0 Å². The van der Waals surface area contributed by atoms with Crippen molar-refractivity contribution in [2.75, 3.05) is 31.1 Å². The summed E-state index contributed by atoms with van der Waals surface area (Å²) in [6.07, 6.45) is 0.